The first-order valence-corrected chi connectivity index (χ1v) is 2.24. The van der Waals surface area contributed by atoms with Crippen molar-refractivity contribution in [1.82, 2.24) is 5.32 Å². The summed E-state index contributed by atoms with van der Waals surface area (Å²) in [4.78, 5) is 9.82. The molecule has 8 heavy (non-hydrogen) atoms. The van der Waals surface area contributed by atoms with Crippen LogP contribution >= 0.6 is 0 Å². The Hall–Kier alpha value is 0.187. The number of carbonyl (C=O) groups is 1. The number of rotatable bonds is 1. The minimum atomic E-state index is -0.333. The number of ether oxygens (including phenoxy) is 1. The molecule has 4 heteroatoms. The van der Waals surface area contributed by atoms with Gasteiger partial charge in [0, 0.05) is 6.54 Å². The van der Waals surface area contributed by atoms with Crippen molar-refractivity contribution in [2.75, 3.05) is 13.2 Å². The number of nitrogens with one attached hydrogen (secondary N) is 1. The zero-order valence-corrected chi connectivity index (χ0v) is 4.89. The van der Waals surface area contributed by atoms with E-state index in [4.69, 9.17) is 4.74 Å². The molecule has 1 heterocycles. The van der Waals surface area contributed by atoms with Crippen LogP contribution in [0.5, 0.6) is 0 Å². The topological polar surface area (TPSA) is 38.3 Å². The average molecular weight is 109 g/mol. The molecule has 1 N–H and O–H groups in total. The summed E-state index contributed by atoms with van der Waals surface area (Å²) in [5, 5.41) is 2.82. The zero-order valence-electron chi connectivity index (χ0n) is 5.89. The number of hydrogen-bond donors (Lipinski definition) is 1. The number of aldehydes is 1. The standard InChI is InChI=1S/C4H7NO2.Li.H/c6-3-4-5-1-2-7-4;;/h3-5H,1-2H2;;/q;+1;-1. The van der Waals surface area contributed by atoms with Gasteiger partial charge in [0.1, 0.15) is 0 Å². The first-order chi connectivity index (χ1) is 3.43. The number of hydrogen-bond acceptors (Lipinski definition) is 3. The van der Waals surface area contributed by atoms with Crippen molar-refractivity contribution >= 4 is 6.29 Å². The molecule has 0 aromatic carbocycles. The van der Waals surface area contributed by atoms with Crippen molar-refractivity contribution in [1.29, 1.82) is 0 Å². The summed E-state index contributed by atoms with van der Waals surface area (Å²) >= 11 is 0. The Bertz CT molecular complexity index is 77.0. The molecule has 0 saturated carbocycles. The van der Waals surface area contributed by atoms with Gasteiger partial charge in [0.2, 0.25) is 0 Å². The maximum absolute atomic E-state index is 9.82. The van der Waals surface area contributed by atoms with Gasteiger partial charge in [-0.3, -0.25) is 10.1 Å². The third-order valence-electron chi connectivity index (χ3n) is 0.869. The summed E-state index contributed by atoms with van der Waals surface area (Å²) in [6, 6.07) is 0. The molecule has 0 aliphatic carbocycles. The molecule has 1 saturated heterocycles. The van der Waals surface area contributed by atoms with Crippen LogP contribution in [0.2, 0.25) is 0 Å². The second-order valence-corrected chi connectivity index (χ2v) is 1.38. The van der Waals surface area contributed by atoms with E-state index < -0.39 is 0 Å². The van der Waals surface area contributed by atoms with E-state index in [2.05, 4.69) is 5.32 Å². The van der Waals surface area contributed by atoms with E-state index in [0.717, 1.165) is 12.8 Å². The summed E-state index contributed by atoms with van der Waals surface area (Å²) in [5.74, 6) is 0. The van der Waals surface area contributed by atoms with Gasteiger partial charge >= 0.3 is 18.9 Å². The quantitative estimate of drug-likeness (QED) is 0.277. The summed E-state index contributed by atoms with van der Waals surface area (Å²) < 4.78 is 4.82. The van der Waals surface area contributed by atoms with Crippen molar-refractivity contribution in [3.63, 3.8) is 0 Å². The maximum Gasteiger partial charge on any atom is 1.00 e. The molecule has 0 spiro atoms. The molecule has 0 amide bonds. The van der Waals surface area contributed by atoms with Crippen LogP contribution in [0.1, 0.15) is 1.43 Å². The first-order valence-electron chi connectivity index (χ1n) is 2.24. The number of carbonyl (C=O) groups excluding carboxylic acids is 1. The monoisotopic (exact) mass is 109 g/mol. The van der Waals surface area contributed by atoms with Crippen molar-refractivity contribution < 1.29 is 29.8 Å². The van der Waals surface area contributed by atoms with Crippen molar-refractivity contribution in [3.05, 3.63) is 0 Å². The minimum absolute atomic E-state index is 0. The van der Waals surface area contributed by atoms with Crippen LogP contribution in [-0.2, 0) is 9.53 Å². The van der Waals surface area contributed by atoms with Crippen LogP contribution in [0, 0.1) is 0 Å². The fraction of sp³-hybridized carbons (Fsp3) is 0.750. The predicted molar refractivity (Wildman–Crippen MR) is 24.9 cm³/mol. The van der Waals surface area contributed by atoms with Gasteiger partial charge < -0.3 is 6.16 Å². The maximum atomic E-state index is 9.82. The van der Waals surface area contributed by atoms with Crippen molar-refractivity contribution in [3.8, 4) is 0 Å². The van der Waals surface area contributed by atoms with Gasteiger partial charge in [0.05, 0.1) is 6.61 Å². The van der Waals surface area contributed by atoms with Gasteiger partial charge in [-0.1, -0.05) is 0 Å². The minimum Gasteiger partial charge on any atom is -1.00 e. The second-order valence-electron chi connectivity index (χ2n) is 1.38. The Morgan fingerprint density at radius 1 is 1.88 bits per heavy atom. The molecule has 1 atom stereocenters. The van der Waals surface area contributed by atoms with Crippen LogP contribution in [0.15, 0.2) is 0 Å². The van der Waals surface area contributed by atoms with E-state index in [-0.39, 0.29) is 26.5 Å². The van der Waals surface area contributed by atoms with Crippen LogP contribution in [-0.4, -0.2) is 25.7 Å². The molecule has 3 nitrogen and oxygen atoms in total. The van der Waals surface area contributed by atoms with E-state index in [9.17, 15) is 4.79 Å². The Kier molecular flexibility index (Phi) is 4.20. The summed E-state index contributed by atoms with van der Waals surface area (Å²) in [5.41, 5.74) is 0. The molecular formula is C4H8LiNO2. The molecule has 0 aromatic rings. The van der Waals surface area contributed by atoms with Gasteiger partial charge in [-0.15, -0.1) is 0 Å². The predicted octanol–water partition coefficient (Wildman–Crippen LogP) is -3.75. The molecule has 42 valence electrons. The fourth-order valence-corrected chi connectivity index (χ4v) is 0.533. The van der Waals surface area contributed by atoms with Gasteiger partial charge in [0.15, 0.2) is 12.5 Å². The first kappa shape index (κ1) is 8.19. The van der Waals surface area contributed by atoms with Crippen LogP contribution in [0.25, 0.3) is 0 Å². The Labute approximate surface area is 61.4 Å². The van der Waals surface area contributed by atoms with E-state index in [1.54, 1.807) is 0 Å². The SMILES string of the molecule is O=CC1NCCO1.[H-].[Li+]. The average Bonchev–Trinajstić information content (AvgIpc) is 2.14. The molecule has 1 aliphatic heterocycles. The van der Waals surface area contributed by atoms with Gasteiger partial charge in [-0.05, 0) is 0 Å². The van der Waals surface area contributed by atoms with Crippen LogP contribution in [0.3, 0.4) is 0 Å². The van der Waals surface area contributed by atoms with E-state index in [0.29, 0.717) is 6.61 Å². The van der Waals surface area contributed by atoms with Gasteiger partial charge in [-0.2, -0.15) is 0 Å². The largest absolute Gasteiger partial charge is 1.00 e. The Morgan fingerprint density at radius 2 is 2.62 bits per heavy atom. The summed E-state index contributed by atoms with van der Waals surface area (Å²) in [6.07, 6.45) is 0.424. The zero-order chi connectivity index (χ0) is 5.11. The molecule has 1 fully saturated rings. The summed E-state index contributed by atoms with van der Waals surface area (Å²) in [7, 11) is 0. The molecule has 0 radical (unpaired) electrons. The third kappa shape index (κ3) is 1.97. The van der Waals surface area contributed by atoms with Crippen LogP contribution in [0.4, 0.5) is 0 Å². The molecule has 0 bridgehead atoms. The van der Waals surface area contributed by atoms with E-state index in [1.165, 1.54) is 0 Å². The second kappa shape index (κ2) is 4.10. The molecule has 0 aromatic heterocycles. The van der Waals surface area contributed by atoms with E-state index in [1.807, 2.05) is 0 Å². The normalized spacial score (nSPS) is 26.8. The van der Waals surface area contributed by atoms with E-state index >= 15 is 0 Å². The third-order valence-corrected chi connectivity index (χ3v) is 0.869. The molecule has 1 unspecified atom stereocenters. The van der Waals surface area contributed by atoms with Crippen molar-refractivity contribution in [2.24, 2.45) is 0 Å². The molecule has 1 aliphatic rings. The fourth-order valence-electron chi connectivity index (χ4n) is 0.533. The smallest absolute Gasteiger partial charge is 1.00 e. The molecule has 1 rings (SSSR count). The van der Waals surface area contributed by atoms with Crippen molar-refractivity contribution in [2.45, 2.75) is 6.23 Å². The Balaban J connectivity index is 0. The summed E-state index contributed by atoms with van der Waals surface area (Å²) in [6.45, 7) is 1.45. The molecular weight excluding hydrogens is 101 g/mol. The van der Waals surface area contributed by atoms with Gasteiger partial charge in [0.25, 0.3) is 0 Å². The van der Waals surface area contributed by atoms with Gasteiger partial charge in [-0.25, -0.2) is 0 Å². The van der Waals surface area contributed by atoms with Crippen LogP contribution < -0.4 is 24.2 Å². The Morgan fingerprint density at radius 3 is 2.88 bits per heavy atom.